The fraction of sp³-hybridized carbons (Fsp3) is 0.333. The van der Waals surface area contributed by atoms with Crippen molar-refractivity contribution in [2.75, 3.05) is 24.0 Å². The molecule has 6 heteroatoms. The molecular weight excluding hydrogens is 304 g/mol. The van der Waals surface area contributed by atoms with E-state index in [4.69, 9.17) is 0 Å². The molecule has 4 nitrogen and oxygen atoms in total. The standard InChI is InChI=1S/C15H18N2O2S2/c1-10(9-20-3)17(2)15-16-12(13(21-15)14(18)19)11-7-5-4-6-8-11/h4-8,10H,9H2,1-3H3,(H,18,19). The number of benzene rings is 1. The second-order valence-corrected chi connectivity index (χ2v) is 6.65. The summed E-state index contributed by atoms with van der Waals surface area (Å²) in [6.07, 6.45) is 2.06. The number of thioether (sulfide) groups is 1. The van der Waals surface area contributed by atoms with Crippen molar-refractivity contribution in [1.29, 1.82) is 0 Å². The van der Waals surface area contributed by atoms with Crippen molar-refractivity contribution in [3.63, 3.8) is 0 Å². The minimum absolute atomic E-state index is 0.291. The molecule has 0 aliphatic rings. The van der Waals surface area contributed by atoms with Gasteiger partial charge in [-0.05, 0) is 13.2 Å². The summed E-state index contributed by atoms with van der Waals surface area (Å²) in [6, 6.07) is 9.76. The van der Waals surface area contributed by atoms with E-state index in [0.717, 1.165) is 16.4 Å². The monoisotopic (exact) mass is 322 g/mol. The molecular formula is C15H18N2O2S2. The van der Waals surface area contributed by atoms with Gasteiger partial charge in [0, 0.05) is 24.4 Å². The lowest BCUT2D eigenvalue weighted by atomic mass is 10.1. The molecule has 0 amide bonds. The van der Waals surface area contributed by atoms with Crippen LogP contribution >= 0.6 is 23.1 Å². The Morgan fingerprint density at radius 1 is 1.43 bits per heavy atom. The van der Waals surface area contributed by atoms with Crippen LogP contribution in [0.3, 0.4) is 0 Å². The quantitative estimate of drug-likeness (QED) is 0.879. The van der Waals surface area contributed by atoms with E-state index in [-0.39, 0.29) is 0 Å². The summed E-state index contributed by atoms with van der Waals surface area (Å²) in [4.78, 5) is 18.4. The third-order valence-electron chi connectivity index (χ3n) is 3.23. The predicted octanol–water partition coefficient (Wildman–Crippen LogP) is 3.70. The number of hydrogen-bond donors (Lipinski definition) is 1. The number of nitrogens with zero attached hydrogens (tertiary/aromatic N) is 2. The molecule has 1 aromatic carbocycles. The molecule has 1 aromatic heterocycles. The van der Waals surface area contributed by atoms with E-state index in [0.29, 0.717) is 16.6 Å². The zero-order chi connectivity index (χ0) is 15.4. The van der Waals surface area contributed by atoms with E-state index >= 15 is 0 Å². The van der Waals surface area contributed by atoms with Crippen LogP contribution in [-0.4, -0.2) is 41.2 Å². The molecule has 0 saturated carbocycles. The molecule has 0 radical (unpaired) electrons. The highest BCUT2D eigenvalue weighted by atomic mass is 32.2. The molecule has 0 aliphatic carbocycles. The van der Waals surface area contributed by atoms with Gasteiger partial charge in [0.05, 0.1) is 5.69 Å². The summed E-state index contributed by atoms with van der Waals surface area (Å²) >= 11 is 3.00. The molecule has 0 saturated heterocycles. The van der Waals surface area contributed by atoms with Crippen LogP contribution in [0.2, 0.25) is 0 Å². The molecule has 0 bridgehead atoms. The van der Waals surface area contributed by atoms with E-state index < -0.39 is 5.97 Å². The predicted molar refractivity (Wildman–Crippen MR) is 90.8 cm³/mol. The second-order valence-electron chi connectivity index (χ2n) is 4.76. The zero-order valence-electron chi connectivity index (χ0n) is 12.2. The first-order valence-electron chi connectivity index (χ1n) is 6.56. The molecule has 1 atom stereocenters. The average Bonchev–Trinajstić information content (AvgIpc) is 2.93. The van der Waals surface area contributed by atoms with Crippen LogP contribution in [0.1, 0.15) is 16.6 Å². The van der Waals surface area contributed by atoms with Gasteiger partial charge in [0.2, 0.25) is 0 Å². The highest BCUT2D eigenvalue weighted by molar-refractivity contribution is 7.98. The lowest BCUT2D eigenvalue weighted by Crippen LogP contribution is -2.30. The van der Waals surface area contributed by atoms with Crippen LogP contribution in [-0.2, 0) is 0 Å². The lowest BCUT2D eigenvalue weighted by molar-refractivity contribution is 0.0702. The van der Waals surface area contributed by atoms with Crippen LogP contribution in [0.5, 0.6) is 0 Å². The van der Waals surface area contributed by atoms with Crippen molar-refractivity contribution in [2.24, 2.45) is 0 Å². The first-order valence-corrected chi connectivity index (χ1v) is 8.77. The van der Waals surface area contributed by atoms with Crippen molar-refractivity contribution in [3.8, 4) is 11.3 Å². The van der Waals surface area contributed by atoms with Crippen molar-refractivity contribution >= 4 is 34.2 Å². The number of aromatic carboxylic acids is 1. The van der Waals surface area contributed by atoms with Crippen molar-refractivity contribution in [1.82, 2.24) is 4.98 Å². The van der Waals surface area contributed by atoms with E-state index in [1.807, 2.05) is 42.3 Å². The molecule has 0 aliphatic heterocycles. The fourth-order valence-electron chi connectivity index (χ4n) is 1.94. The Morgan fingerprint density at radius 3 is 2.67 bits per heavy atom. The molecule has 0 spiro atoms. The minimum Gasteiger partial charge on any atom is -0.477 e. The van der Waals surface area contributed by atoms with E-state index in [1.54, 1.807) is 11.8 Å². The first kappa shape index (κ1) is 15.9. The summed E-state index contributed by atoms with van der Waals surface area (Å²) in [7, 11) is 1.96. The van der Waals surface area contributed by atoms with Crippen LogP contribution in [0, 0.1) is 0 Å². The number of hydrogen-bond acceptors (Lipinski definition) is 5. The number of rotatable bonds is 6. The molecule has 112 valence electrons. The largest absolute Gasteiger partial charge is 0.477 e. The van der Waals surface area contributed by atoms with Gasteiger partial charge in [-0.15, -0.1) is 0 Å². The fourth-order valence-corrected chi connectivity index (χ4v) is 3.63. The molecule has 2 rings (SSSR count). The van der Waals surface area contributed by atoms with Gasteiger partial charge in [-0.2, -0.15) is 11.8 Å². The number of carboxylic acids is 1. The van der Waals surface area contributed by atoms with Gasteiger partial charge in [0.15, 0.2) is 5.13 Å². The number of thiazole rings is 1. The van der Waals surface area contributed by atoms with Crippen molar-refractivity contribution in [2.45, 2.75) is 13.0 Å². The van der Waals surface area contributed by atoms with Gasteiger partial charge < -0.3 is 10.0 Å². The Morgan fingerprint density at radius 2 is 2.10 bits per heavy atom. The summed E-state index contributed by atoms with van der Waals surface area (Å²) in [5.41, 5.74) is 1.38. The average molecular weight is 322 g/mol. The van der Waals surface area contributed by atoms with E-state index in [9.17, 15) is 9.90 Å². The Labute approximate surface area is 132 Å². The lowest BCUT2D eigenvalue weighted by Gasteiger charge is -2.23. The van der Waals surface area contributed by atoms with Crippen LogP contribution in [0.25, 0.3) is 11.3 Å². The Bertz CT molecular complexity index is 613. The van der Waals surface area contributed by atoms with Gasteiger partial charge in [0.25, 0.3) is 0 Å². The molecule has 1 unspecified atom stereocenters. The van der Waals surface area contributed by atoms with Crippen molar-refractivity contribution in [3.05, 3.63) is 35.2 Å². The van der Waals surface area contributed by atoms with Gasteiger partial charge in [-0.25, -0.2) is 9.78 Å². The van der Waals surface area contributed by atoms with E-state index in [2.05, 4.69) is 18.2 Å². The third-order valence-corrected chi connectivity index (χ3v) is 5.18. The highest BCUT2D eigenvalue weighted by Gasteiger charge is 2.22. The summed E-state index contributed by atoms with van der Waals surface area (Å²) in [5.74, 6) is 0.0441. The first-order chi connectivity index (χ1) is 10.0. The summed E-state index contributed by atoms with van der Waals surface area (Å²) in [6.45, 7) is 2.11. The number of anilines is 1. The SMILES string of the molecule is CSCC(C)N(C)c1nc(-c2ccccc2)c(C(=O)O)s1. The Kier molecular flexibility index (Phi) is 5.25. The maximum Gasteiger partial charge on any atom is 0.348 e. The molecule has 0 fully saturated rings. The topological polar surface area (TPSA) is 53.4 Å². The highest BCUT2D eigenvalue weighted by Crippen LogP contribution is 2.33. The zero-order valence-corrected chi connectivity index (χ0v) is 13.9. The molecule has 1 heterocycles. The number of carbonyl (C=O) groups is 1. The van der Waals surface area contributed by atoms with Crippen LogP contribution in [0.4, 0.5) is 5.13 Å². The summed E-state index contributed by atoms with van der Waals surface area (Å²) < 4.78 is 0. The second kappa shape index (κ2) is 6.95. The van der Waals surface area contributed by atoms with Gasteiger partial charge in [0.1, 0.15) is 4.88 Å². The van der Waals surface area contributed by atoms with E-state index in [1.165, 1.54) is 11.3 Å². The minimum atomic E-state index is -0.927. The van der Waals surface area contributed by atoms with Crippen LogP contribution < -0.4 is 4.90 Å². The molecule has 1 N–H and O–H groups in total. The third kappa shape index (κ3) is 3.57. The summed E-state index contributed by atoms with van der Waals surface area (Å²) in [5, 5.41) is 10.2. The Hall–Kier alpha value is -1.53. The van der Waals surface area contributed by atoms with Gasteiger partial charge in [-0.3, -0.25) is 0 Å². The molecule has 21 heavy (non-hydrogen) atoms. The van der Waals surface area contributed by atoms with Crippen molar-refractivity contribution < 1.29 is 9.90 Å². The number of aromatic nitrogens is 1. The maximum atomic E-state index is 11.5. The maximum absolute atomic E-state index is 11.5. The van der Waals surface area contributed by atoms with Crippen LogP contribution in [0.15, 0.2) is 30.3 Å². The smallest absolute Gasteiger partial charge is 0.348 e. The molecule has 2 aromatic rings. The number of carboxylic acid groups (broad SMARTS) is 1. The normalized spacial score (nSPS) is 12.1. The van der Waals surface area contributed by atoms with Gasteiger partial charge >= 0.3 is 5.97 Å². The van der Waals surface area contributed by atoms with Gasteiger partial charge in [-0.1, -0.05) is 41.7 Å². The Balaban J connectivity index is 2.40.